The second-order valence-electron chi connectivity index (χ2n) is 3.28. The lowest BCUT2D eigenvalue weighted by atomic mass is 9.95. The van der Waals surface area contributed by atoms with E-state index in [2.05, 4.69) is 15.6 Å². The predicted molar refractivity (Wildman–Crippen MR) is 58.0 cm³/mol. The van der Waals surface area contributed by atoms with Gasteiger partial charge in [-0.2, -0.15) is 0 Å². The maximum atomic E-state index is 11.7. The number of carbonyl (C=O) groups is 1. The highest BCUT2D eigenvalue weighted by Crippen LogP contribution is 2.50. The maximum absolute atomic E-state index is 11.7. The molecule has 0 rings (SSSR count). The second kappa shape index (κ2) is 5.70. The van der Waals surface area contributed by atoms with Crippen LogP contribution in [0, 0.1) is 0 Å². The van der Waals surface area contributed by atoms with Crippen molar-refractivity contribution in [1.82, 2.24) is 0 Å². The maximum Gasteiger partial charge on any atom is 0.474 e. The smallest absolute Gasteiger partial charge is 0.379 e. The third kappa shape index (κ3) is 3.50. The average Bonchev–Trinajstić information content (AvgIpc) is 2.25. The van der Waals surface area contributed by atoms with Crippen molar-refractivity contribution in [2.45, 2.75) is 25.6 Å². The van der Waals surface area contributed by atoms with Crippen LogP contribution in [0.1, 0.15) is 13.8 Å². The van der Waals surface area contributed by atoms with Crippen molar-refractivity contribution >= 4 is 13.6 Å². The Hall–Kier alpha value is -0.520. The zero-order chi connectivity index (χ0) is 13.0. The van der Waals surface area contributed by atoms with Crippen LogP contribution in [-0.2, 0) is 22.9 Å². The molecule has 0 bridgehead atoms. The van der Waals surface area contributed by atoms with Crippen LogP contribution in [0.4, 0.5) is 0 Å². The first-order chi connectivity index (χ1) is 7.23. The molecule has 94 valence electrons. The fourth-order valence-corrected chi connectivity index (χ4v) is 1.77. The normalized spacial score (nSPS) is 17.6. The molecule has 2 atom stereocenters. The van der Waals surface area contributed by atoms with Crippen LogP contribution in [0.5, 0.6) is 0 Å². The van der Waals surface area contributed by atoms with Gasteiger partial charge < -0.3 is 5.11 Å². The molecule has 0 aliphatic heterocycles. The van der Waals surface area contributed by atoms with Gasteiger partial charge in [-0.05, 0) is 13.8 Å². The van der Waals surface area contributed by atoms with E-state index in [1.807, 2.05) is 0 Å². The fourth-order valence-electron chi connectivity index (χ4n) is 0.875. The largest absolute Gasteiger partial charge is 0.474 e. The Labute approximate surface area is 94.8 Å². The summed E-state index contributed by atoms with van der Waals surface area (Å²) >= 11 is 0. The summed E-state index contributed by atoms with van der Waals surface area (Å²) < 4.78 is 25.7. The Bertz CT molecular complexity index is 303. The lowest BCUT2D eigenvalue weighted by Gasteiger charge is -2.29. The molecule has 0 saturated carbocycles. The van der Waals surface area contributed by atoms with Crippen LogP contribution in [0.15, 0.2) is 12.7 Å². The minimum atomic E-state index is -3.77. The third-order valence-corrected chi connectivity index (χ3v) is 3.55. The van der Waals surface area contributed by atoms with Crippen LogP contribution in [0.2, 0.25) is 0 Å². The van der Waals surface area contributed by atoms with Gasteiger partial charge >= 0.3 is 7.82 Å². The number of phosphoric acid groups is 1. The number of Topliss-reactive ketones (excluding diaryl/α,β-unsaturated/α-hetero) is 1. The fraction of sp³-hybridized carbons (Fsp3) is 0.667. The van der Waals surface area contributed by atoms with Gasteiger partial charge in [0.05, 0.1) is 0 Å². The molecular formula is C9H17O6P. The van der Waals surface area contributed by atoms with Gasteiger partial charge in [0.1, 0.15) is 11.7 Å². The number of hydrogen-bond donors (Lipinski definition) is 1. The highest BCUT2D eigenvalue weighted by Gasteiger charge is 2.40. The molecule has 0 aliphatic carbocycles. The Morgan fingerprint density at radius 1 is 1.50 bits per heavy atom. The van der Waals surface area contributed by atoms with E-state index in [0.717, 1.165) is 20.3 Å². The molecule has 1 N–H and O–H groups in total. The van der Waals surface area contributed by atoms with E-state index in [1.54, 1.807) is 0 Å². The van der Waals surface area contributed by atoms with E-state index in [0.29, 0.717) is 0 Å². The Morgan fingerprint density at radius 2 is 1.94 bits per heavy atom. The summed E-state index contributed by atoms with van der Waals surface area (Å²) in [5.41, 5.74) is -1.84. The lowest BCUT2D eigenvalue weighted by Crippen LogP contribution is -2.45. The minimum Gasteiger partial charge on any atom is -0.379 e. The first kappa shape index (κ1) is 15.5. The summed E-state index contributed by atoms with van der Waals surface area (Å²) in [5, 5.41) is 9.83. The molecule has 6 nitrogen and oxygen atoms in total. The van der Waals surface area contributed by atoms with Crippen LogP contribution in [0.25, 0.3) is 0 Å². The summed E-state index contributed by atoms with van der Waals surface area (Å²) in [4.78, 5) is 11.2. The Morgan fingerprint density at radius 3 is 2.19 bits per heavy atom. The van der Waals surface area contributed by atoms with Crippen molar-refractivity contribution in [3.63, 3.8) is 0 Å². The summed E-state index contributed by atoms with van der Waals surface area (Å²) in [6.07, 6.45) is -0.0257. The number of phosphoric ester groups is 1. The second-order valence-corrected chi connectivity index (χ2v) is 5.11. The molecule has 0 spiro atoms. The SMILES string of the molecule is C=C[C@H](OP(=O)(OC)OC)[C@@](C)(O)C(C)=O. The minimum absolute atomic E-state index is 0.545. The van der Waals surface area contributed by atoms with Crippen LogP contribution in [0.3, 0.4) is 0 Å². The van der Waals surface area contributed by atoms with E-state index in [4.69, 9.17) is 4.52 Å². The van der Waals surface area contributed by atoms with Gasteiger partial charge in [0.2, 0.25) is 0 Å². The number of ketones is 1. The van der Waals surface area contributed by atoms with Gasteiger partial charge in [-0.1, -0.05) is 6.08 Å². The summed E-state index contributed by atoms with van der Waals surface area (Å²) in [5.74, 6) is -0.545. The number of rotatable bonds is 7. The Kier molecular flexibility index (Phi) is 5.52. The van der Waals surface area contributed by atoms with Crippen LogP contribution < -0.4 is 0 Å². The van der Waals surface area contributed by atoms with Crippen molar-refractivity contribution in [3.8, 4) is 0 Å². The zero-order valence-electron chi connectivity index (χ0n) is 9.80. The van der Waals surface area contributed by atoms with Crippen molar-refractivity contribution in [1.29, 1.82) is 0 Å². The van der Waals surface area contributed by atoms with Crippen molar-refractivity contribution in [2.75, 3.05) is 14.2 Å². The molecule has 0 unspecified atom stereocenters. The monoisotopic (exact) mass is 252 g/mol. The zero-order valence-corrected chi connectivity index (χ0v) is 10.7. The molecule has 0 aromatic carbocycles. The third-order valence-electron chi connectivity index (χ3n) is 2.17. The molecule has 0 amide bonds. The molecule has 0 radical (unpaired) electrons. The molecule has 0 aromatic heterocycles. The van der Waals surface area contributed by atoms with Gasteiger partial charge in [-0.25, -0.2) is 4.57 Å². The number of carbonyl (C=O) groups excluding carboxylic acids is 1. The van der Waals surface area contributed by atoms with Gasteiger partial charge in [0.15, 0.2) is 5.78 Å². The Balaban J connectivity index is 4.98. The van der Waals surface area contributed by atoms with Crippen molar-refractivity contribution in [3.05, 3.63) is 12.7 Å². The quantitative estimate of drug-likeness (QED) is 0.543. The summed E-state index contributed by atoms with van der Waals surface area (Å²) in [7, 11) is -1.51. The molecule has 0 aromatic rings. The van der Waals surface area contributed by atoms with Gasteiger partial charge in [0.25, 0.3) is 0 Å². The van der Waals surface area contributed by atoms with Crippen LogP contribution in [-0.4, -0.2) is 36.8 Å². The first-order valence-corrected chi connectivity index (χ1v) is 5.95. The number of hydrogen-bond acceptors (Lipinski definition) is 6. The molecular weight excluding hydrogens is 235 g/mol. The van der Waals surface area contributed by atoms with Crippen molar-refractivity contribution < 1.29 is 28.0 Å². The van der Waals surface area contributed by atoms with Gasteiger partial charge in [0, 0.05) is 14.2 Å². The molecule has 0 heterocycles. The summed E-state index contributed by atoms with van der Waals surface area (Å²) in [6.45, 7) is 5.81. The van der Waals surface area contributed by atoms with E-state index in [1.165, 1.54) is 13.8 Å². The van der Waals surface area contributed by atoms with Crippen LogP contribution >= 0.6 is 7.82 Å². The average molecular weight is 252 g/mol. The molecule has 0 aliphatic rings. The highest BCUT2D eigenvalue weighted by molar-refractivity contribution is 7.48. The van der Waals surface area contributed by atoms with E-state index < -0.39 is 25.3 Å². The van der Waals surface area contributed by atoms with Gasteiger partial charge in [-0.3, -0.25) is 18.4 Å². The highest BCUT2D eigenvalue weighted by atomic mass is 31.2. The molecule has 0 saturated heterocycles. The van der Waals surface area contributed by atoms with E-state index >= 15 is 0 Å². The topological polar surface area (TPSA) is 82.1 Å². The molecule has 0 fully saturated rings. The number of aliphatic hydroxyl groups is 1. The molecule has 16 heavy (non-hydrogen) atoms. The standard InChI is InChI=1S/C9H17O6P/c1-6-8(9(3,11)7(2)10)15-16(12,13-4)14-5/h6,8,11H,1H2,2-5H3/t8-,9-/m0/s1. The lowest BCUT2D eigenvalue weighted by molar-refractivity contribution is -0.140. The van der Waals surface area contributed by atoms with Gasteiger partial charge in [-0.15, -0.1) is 6.58 Å². The van der Waals surface area contributed by atoms with E-state index in [-0.39, 0.29) is 0 Å². The predicted octanol–water partition coefficient (Wildman–Crippen LogP) is 1.30. The van der Waals surface area contributed by atoms with E-state index in [9.17, 15) is 14.5 Å². The first-order valence-electron chi connectivity index (χ1n) is 4.49. The summed E-state index contributed by atoms with van der Waals surface area (Å²) in [6, 6.07) is 0. The van der Waals surface area contributed by atoms with Crippen molar-refractivity contribution in [2.24, 2.45) is 0 Å². The molecule has 7 heteroatoms.